The van der Waals surface area contributed by atoms with Crippen molar-refractivity contribution >= 4 is 22.2 Å². The highest BCUT2D eigenvalue weighted by atomic mass is 32.1. The van der Waals surface area contributed by atoms with Gasteiger partial charge >= 0.3 is 0 Å². The Labute approximate surface area is 164 Å². The molecule has 0 N–H and O–H groups in total. The molecule has 3 rings (SSSR count). The third-order valence-electron chi connectivity index (χ3n) is 4.25. The molecule has 0 bridgehead atoms. The Hall–Kier alpha value is -2.34. The molecule has 0 aliphatic carbocycles. The number of fused-ring (bicyclic) bond motifs is 1. The average molecular weight is 386 g/mol. The quantitative estimate of drug-likeness (QED) is 0.585. The van der Waals surface area contributed by atoms with Gasteiger partial charge in [-0.2, -0.15) is 0 Å². The van der Waals surface area contributed by atoms with E-state index in [9.17, 15) is 4.79 Å². The maximum absolute atomic E-state index is 13.2. The summed E-state index contributed by atoms with van der Waals surface area (Å²) in [7, 11) is 1.65. The Morgan fingerprint density at radius 3 is 2.56 bits per heavy atom. The summed E-state index contributed by atoms with van der Waals surface area (Å²) in [5.41, 5.74) is 2.50. The Kier molecular flexibility index (Phi) is 5.85. The molecule has 1 amide bonds. The predicted octanol–water partition coefficient (Wildman–Crippen LogP) is 4.83. The molecule has 3 aromatic rings. The molecule has 144 valence electrons. The highest BCUT2D eigenvalue weighted by molar-refractivity contribution is 7.15. The number of amides is 1. The molecule has 0 saturated heterocycles. The van der Waals surface area contributed by atoms with Crippen LogP contribution in [0.3, 0.4) is 0 Å². The molecule has 0 spiro atoms. The summed E-state index contributed by atoms with van der Waals surface area (Å²) >= 11 is 1.50. The van der Waals surface area contributed by atoms with Gasteiger partial charge in [-0.25, -0.2) is 4.98 Å². The smallest absolute Gasteiger partial charge is 0.271 e. The highest BCUT2D eigenvalue weighted by Crippen LogP contribution is 2.27. The van der Waals surface area contributed by atoms with Crippen molar-refractivity contribution in [3.05, 3.63) is 41.5 Å². The first-order valence-electron chi connectivity index (χ1n) is 9.29. The number of hydrogen-bond acceptors (Lipinski definition) is 4. The zero-order valence-electron chi connectivity index (χ0n) is 16.6. The van der Waals surface area contributed by atoms with Crippen molar-refractivity contribution in [2.75, 3.05) is 20.2 Å². The van der Waals surface area contributed by atoms with Crippen LogP contribution in [-0.4, -0.2) is 40.4 Å². The Morgan fingerprint density at radius 1 is 1.22 bits per heavy atom. The molecule has 0 aliphatic rings. The summed E-state index contributed by atoms with van der Waals surface area (Å²) < 4.78 is 7.22. The third kappa shape index (κ3) is 4.33. The monoisotopic (exact) mass is 385 g/mol. The van der Waals surface area contributed by atoms with Crippen LogP contribution in [0.4, 0.5) is 0 Å². The number of thiazole rings is 1. The normalized spacial score (nSPS) is 11.5. The summed E-state index contributed by atoms with van der Waals surface area (Å²) in [6, 6.07) is 7.81. The van der Waals surface area contributed by atoms with Crippen LogP contribution in [0.5, 0.6) is 5.75 Å². The zero-order valence-corrected chi connectivity index (χ0v) is 17.4. The number of methoxy groups -OCH3 is 1. The van der Waals surface area contributed by atoms with Crippen LogP contribution in [0.15, 0.2) is 35.8 Å². The van der Waals surface area contributed by atoms with E-state index in [-0.39, 0.29) is 5.91 Å². The van der Waals surface area contributed by atoms with Gasteiger partial charge in [0.1, 0.15) is 11.4 Å². The Morgan fingerprint density at radius 2 is 1.93 bits per heavy atom. The van der Waals surface area contributed by atoms with Crippen molar-refractivity contribution in [3.63, 3.8) is 0 Å². The molecule has 0 saturated carbocycles. The first-order chi connectivity index (χ1) is 12.9. The van der Waals surface area contributed by atoms with Crippen LogP contribution >= 0.6 is 11.3 Å². The zero-order chi connectivity index (χ0) is 19.6. The number of nitrogens with zero attached hydrogens (tertiary/aromatic N) is 3. The van der Waals surface area contributed by atoms with Gasteiger partial charge in [0.05, 0.1) is 12.8 Å². The lowest BCUT2D eigenvalue weighted by atomic mass is 10.1. The summed E-state index contributed by atoms with van der Waals surface area (Å²) in [6.07, 6.45) is 1.94. The fraction of sp³-hybridized carbons (Fsp3) is 0.429. The van der Waals surface area contributed by atoms with Crippen molar-refractivity contribution in [1.82, 2.24) is 14.3 Å². The first-order valence-corrected chi connectivity index (χ1v) is 10.2. The minimum Gasteiger partial charge on any atom is -0.497 e. The number of carbonyl (C=O) groups excluding carboxylic acids is 1. The molecule has 2 heterocycles. The lowest BCUT2D eigenvalue weighted by molar-refractivity contribution is 0.0708. The van der Waals surface area contributed by atoms with E-state index < -0.39 is 0 Å². The van der Waals surface area contributed by atoms with Crippen LogP contribution in [0.1, 0.15) is 38.2 Å². The van der Waals surface area contributed by atoms with Crippen molar-refractivity contribution in [3.8, 4) is 17.0 Å². The van der Waals surface area contributed by atoms with Gasteiger partial charge in [0.2, 0.25) is 0 Å². The first kappa shape index (κ1) is 19.4. The van der Waals surface area contributed by atoms with Crippen LogP contribution in [0.2, 0.25) is 0 Å². The second kappa shape index (κ2) is 8.13. The summed E-state index contributed by atoms with van der Waals surface area (Å²) in [5.74, 6) is 1.72. The molecule has 27 heavy (non-hydrogen) atoms. The van der Waals surface area contributed by atoms with E-state index in [2.05, 4.69) is 27.7 Å². The highest BCUT2D eigenvalue weighted by Gasteiger charge is 2.22. The molecule has 0 fully saturated rings. The molecule has 1 aromatic carbocycles. The standard InChI is InChI=1S/C21H27N3O2S/c1-14(2)10-23(11-15(3)4)20(25)19-13-27-21-22-18(12-24(19)21)16-7-6-8-17(9-16)26-5/h6-9,12-15H,10-11H2,1-5H3. The Balaban J connectivity index is 1.95. The molecule has 0 atom stereocenters. The predicted molar refractivity (Wildman–Crippen MR) is 111 cm³/mol. The summed E-state index contributed by atoms with van der Waals surface area (Å²) in [6.45, 7) is 10.1. The molecule has 6 heteroatoms. The van der Waals surface area contributed by atoms with Gasteiger partial charge in [0, 0.05) is 30.2 Å². The number of aromatic nitrogens is 2. The number of hydrogen-bond donors (Lipinski definition) is 0. The van der Waals surface area contributed by atoms with E-state index in [0.29, 0.717) is 17.5 Å². The molecule has 2 aromatic heterocycles. The fourth-order valence-corrected chi connectivity index (χ4v) is 3.99. The number of rotatable bonds is 7. The average Bonchev–Trinajstić information content (AvgIpc) is 3.20. The lowest BCUT2D eigenvalue weighted by Gasteiger charge is -2.26. The van der Waals surface area contributed by atoms with E-state index >= 15 is 0 Å². The van der Waals surface area contributed by atoms with Gasteiger partial charge in [-0.3, -0.25) is 9.20 Å². The number of imidazole rings is 1. The topological polar surface area (TPSA) is 46.8 Å². The lowest BCUT2D eigenvalue weighted by Crippen LogP contribution is -2.37. The minimum atomic E-state index is 0.0678. The van der Waals surface area contributed by atoms with Crippen LogP contribution < -0.4 is 4.74 Å². The Bertz CT molecular complexity index is 917. The molecular formula is C21H27N3O2S. The molecule has 0 radical (unpaired) electrons. The van der Waals surface area contributed by atoms with Crippen molar-refractivity contribution in [1.29, 1.82) is 0 Å². The largest absolute Gasteiger partial charge is 0.497 e. The number of carbonyl (C=O) groups is 1. The number of ether oxygens (including phenoxy) is 1. The van der Waals surface area contributed by atoms with Crippen LogP contribution in [0.25, 0.3) is 16.2 Å². The second-order valence-corrected chi connectivity index (χ2v) is 8.47. The second-order valence-electron chi connectivity index (χ2n) is 7.63. The van der Waals surface area contributed by atoms with Crippen molar-refractivity contribution < 1.29 is 9.53 Å². The maximum Gasteiger partial charge on any atom is 0.271 e. The summed E-state index contributed by atoms with van der Waals surface area (Å²) in [5, 5.41) is 1.91. The van der Waals surface area contributed by atoms with Crippen molar-refractivity contribution in [2.24, 2.45) is 11.8 Å². The van der Waals surface area contributed by atoms with E-state index in [0.717, 1.165) is 35.1 Å². The van der Waals surface area contributed by atoms with Crippen LogP contribution in [0, 0.1) is 11.8 Å². The van der Waals surface area contributed by atoms with E-state index in [4.69, 9.17) is 9.72 Å². The van der Waals surface area contributed by atoms with E-state index in [1.807, 2.05) is 45.1 Å². The molecule has 5 nitrogen and oxygen atoms in total. The van der Waals surface area contributed by atoms with E-state index in [1.54, 1.807) is 7.11 Å². The molecule has 0 unspecified atom stereocenters. The third-order valence-corrected chi connectivity index (χ3v) is 5.09. The van der Waals surface area contributed by atoms with Gasteiger partial charge in [-0.1, -0.05) is 39.8 Å². The van der Waals surface area contributed by atoms with E-state index in [1.165, 1.54) is 11.3 Å². The maximum atomic E-state index is 13.2. The number of benzene rings is 1. The van der Waals surface area contributed by atoms with Crippen molar-refractivity contribution in [2.45, 2.75) is 27.7 Å². The minimum absolute atomic E-state index is 0.0678. The summed E-state index contributed by atoms with van der Waals surface area (Å²) in [4.78, 5) is 20.7. The SMILES string of the molecule is COc1cccc(-c2cn3c(C(=O)N(CC(C)C)CC(C)C)csc3n2)c1. The van der Waals surface area contributed by atoms with Gasteiger partial charge in [-0.05, 0) is 24.0 Å². The van der Waals surface area contributed by atoms with Crippen LogP contribution in [-0.2, 0) is 0 Å². The molecular weight excluding hydrogens is 358 g/mol. The van der Waals surface area contributed by atoms with Gasteiger partial charge in [-0.15, -0.1) is 11.3 Å². The van der Waals surface area contributed by atoms with Gasteiger partial charge in [0.25, 0.3) is 5.91 Å². The fourth-order valence-electron chi connectivity index (χ4n) is 3.14. The molecule has 0 aliphatic heterocycles. The van der Waals surface area contributed by atoms with Gasteiger partial charge in [0.15, 0.2) is 4.96 Å². The van der Waals surface area contributed by atoms with Gasteiger partial charge < -0.3 is 9.64 Å².